The number of nitrogens with one attached hydrogen (secondary N) is 1. The van der Waals surface area contributed by atoms with Crippen LogP contribution in [0.1, 0.15) is 45.7 Å². The van der Waals surface area contributed by atoms with Gasteiger partial charge in [0, 0.05) is 26.1 Å². The Morgan fingerprint density at radius 2 is 2.23 bits per heavy atom. The van der Waals surface area contributed by atoms with Crippen LogP contribution in [0.5, 0.6) is 0 Å². The Morgan fingerprint density at radius 1 is 1.50 bits per heavy atom. The predicted octanol–water partition coefficient (Wildman–Crippen LogP) is 2.08. The van der Waals surface area contributed by atoms with E-state index in [2.05, 4.69) is 15.0 Å². The number of carboxylic acids is 1. The smallest absolute Gasteiger partial charge is 0.337 e. The van der Waals surface area contributed by atoms with Crippen molar-refractivity contribution >= 4 is 29.0 Å². The monoisotopic (exact) mass is 435 g/mol. The Morgan fingerprint density at radius 3 is 2.83 bits per heavy atom. The van der Waals surface area contributed by atoms with Crippen LogP contribution in [0.25, 0.3) is 0 Å². The number of aromatic amines is 1. The van der Waals surface area contributed by atoms with E-state index in [9.17, 15) is 14.7 Å². The number of halogens is 1. The number of aromatic nitrogens is 3. The number of nitrogens with zero attached hydrogens (tertiary/aromatic N) is 3. The van der Waals surface area contributed by atoms with E-state index in [-0.39, 0.29) is 34.3 Å². The van der Waals surface area contributed by atoms with Gasteiger partial charge in [-0.2, -0.15) is 0 Å². The SMILES string of the molecule is CCc1[nH]c(C(=O)C(N)C2CCN(c3cnc(C)c(C(=O)O)c3)C[C@@H]2OC)nc1Cl. The number of aromatic carboxylic acids is 1. The quantitative estimate of drug-likeness (QED) is 0.562. The number of imidazole rings is 1. The number of hydrogen-bond acceptors (Lipinski definition) is 7. The van der Waals surface area contributed by atoms with Crippen LogP contribution in [-0.4, -0.2) is 64.2 Å². The first-order valence-electron chi connectivity index (χ1n) is 9.78. The zero-order valence-electron chi connectivity index (χ0n) is 17.2. The van der Waals surface area contributed by atoms with Crippen molar-refractivity contribution < 1.29 is 19.4 Å². The zero-order valence-corrected chi connectivity index (χ0v) is 17.9. The van der Waals surface area contributed by atoms with E-state index in [1.165, 1.54) is 0 Å². The van der Waals surface area contributed by atoms with Crippen molar-refractivity contribution in [1.29, 1.82) is 0 Å². The average Bonchev–Trinajstić information content (AvgIpc) is 3.13. The van der Waals surface area contributed by atoms with Gasteiger partial charge in [0.15, 0.2) is 11.0 Å². The summed E-state index contributed by atoms with van der Waals surface area (Å²) in [5, 5.41) is 9.64. The molecule has 0 amide bonds. The van der Waals surface area contributed by atoms with E-state index in [1.54, 1.807) is 26.3 Å². The zero-order chi connectivity index (χ0) is 22.0. The van der Waals surface area contributed by atoms with Gasteiger partial charge in [-0.1, -0.05) is 18.5 Å². The van der Waals surface area contributed by atoms with E-state index < -0.39 is 12.0 Å². The van der Waals surface area contributed by atoms with Gasteiger partial charge in [-0.05, 0) is 25.8 Å². The second kappa shape index (κ2) is 9.11. The first kappa shape index (κ1) is 22.2. The van der Waals surface area contributed by atoms with Crippen LogP contribution in [0.2, 0.25) is 5.15 Å². The van der Waals surface area contributed by atoms with Gasteiger partial charge >= 0.3 is 5.97 Å². The first-order valence-corrected chi connectivity index (χ1v) is 10.2. The number of anilines is 1. The van der Waals surface area contributed by atoms with Crippen molar-refractivity contribution in [2.45, 2.75) is 38.8 Å². The molecule has 1 fully saturated rings. The molecule has 0 radical (unpaired) electrons. The molecule has 3 heterocycles. The summed E-state index contributed by atoms with van der Waals surface area (Å²) in [5.41, 5.74) is 8.34. The Labute approximate surface area is 179 Å². The number of hydrogen-bond donors (Lipinski definition) is 3. The van der Waals surface area contributed by atoms with Crippen LogP contribution in [0.15, 0.2) is 12.3 Å². The van der Waals surface area contributed by atoms with Crippen LogP contribution in [-0.2, 0) is 11.2 Å². The fourth-order valence-corrected chi connectivity index (χ4v) is 4.10. The van der Waals surface area contributed by atoms with Gasteiger partial charge in [0.05, 0.1) is 41.0 Å². The van der Waals surface area contributed by atoms with Crippen molar-refractivity contribution in [3.63, 3.8) is 0 Å². The number of rotatable bonds is 7. The number of Topliss-reactive ketones (excluding diaryl/α,β-unsaturated/α-hetero) is 1. The molecule has 30 heavy (non-hydrogen) atoms. The lowest BCUT2D eigenvalue weighted by molar-refractivity contribution is 0.0305. The lowest BCUT2D eigenvalue weighted by Gasteiger charge is -2.40. The number of methoxy groups -OCH3 is 1. The Kier molecular flexibility index (Phi) is 6.74. The van der Waals surface area contributed by atoms with E-state index in [1.807, 2.05) is 11.8 Å². The molecular weight excluding hydrogens is 410 g/mol. The highest BCUT2D eigenvalue weighted by molar-refractivity contribution is 6.30. The summed E-state index contributed by atoms with van der Waals surface area (Å²) >= 11 is 6.05. The number of piperidine rings is 1. The molecule has 0 bridgehead atoms. The predicted molar refractivity (Wildman–Crippen MR) is 112 cm³/mol. The highest BCUT2D eigenvalue weighted by Gasteiger charge is 2.38. The standard InChI is InChI=1S/C20H26ClN5O4/c1-4-14-18(21)25-19(24-14)17(27)16(22)12-5-6-26(9-15(12)30-3)11-7-13(20(28)29)10(2)23-8-11/h7-8,12,15-16H,4-6,9,22H2,1-3H3,(H,24,25)(H,28,29)/t12?,15-,16?/m0/s1. The van der Waals surface area contributed by atoms with E-state index in [0.29, 0.717) is 43.0 Å². The normalized spacial score (nSPS) is 20.2. The fourth-order valence-electron chi connectivity index (χ4n) is 3.83. The molecule has 0 spiro atoms. The summed E-state index contributed by atoms with van der Waals surface area (Å²) < 4.78 is 5.65. The Balaban J connectivity index is 1.76. The van der Waals surface area contributed by atoms with Gasteiger partial charge < -0.3 is 25.5 Å². The van der Waals surface area contributed by atoms with Crippen LogP contribution < -0.4 is 10.6 Å². The van der Waals surface area contributed by atoms with Gasteiger partial charge in [-0.3, -0.25) is 9.78 Å². The van der Waals surface area contributed by atoms with Crippen molar-refractivity contribution in [2.24, 2.45) is 11.7 Å². The maximum Gasteiger partial charge on any atom is 0.337 e. The lowest BCUT2D eigenvalue weighted by Crippen LogP contribution is -2.53. The highest BCUT2D eigenvalue weighted by Crippen LogP contribution is 2.28. The van der Waals surface area contributed by atoms with Gasteiger partial charge in [0.25, 0.3) is 0 Å². The third-order valence-corrected chi connectivity index (χ3v) is 5.97. The third-order valence-electron chi connectivity index (χ3n) is 5.66. The van der Waals surface area contributed by atoms with Crippen molar-refractivity contribution in [3.8, 4) is 0 Å². The molecule has 9 nitrogen and oxygen atoms in total. The van der Waals surface area contributed by atoms with E-state index in [0.717, 1.165) is 0 Å². The maximum absolute atomic E-state index is 12.9. The summed E-state index contributed by atoms with van der Waals surface area (Å²) in [4.78, 5) is 37.6. The molecule has 1 saturated heterocycles. The number of nitrogens with two attached hydrogens (primary N) is 1. The van der Waals surface area contributed by atoms with Gasteiger partial charge in [0.1, 0.15) is 0 Å². The Bertz CT molecular complexity index is 947. The number of H-pyrrole nitrogens is 1. The molecule has 4 N–H and O–H groups in total. The highest BCUT2D eigenvalue weighted by atomic mass is 35.5. The van der Waals surface area contributed by atoms with E-state index >= 15 is 0 Å². The molecule has 1 aliphatic heterocycles. The number of carboxylic acid groups (broad SMARTS) is 1. The molecule has 0 saturated carbocycles. The second-order valence-corrected chi connectivity index (χ2v) is 7.76. The molecule has 3 atom stereocenters. The van der Waals surface area contributed by atoms with E-state index in [4.69, 9.17) is 22.1 Å². The van der Waals surface area contributed by atoms with Gasteiger partial charge in [-0.15, -0.1) is 0 Å². The number of pyridine rings is 1. The average molecular weight is 436 g/mol. The molecule has 2 aromatic rings. The molecule has 2 aromatic heterocycles. The summed E-state index contributed by atoms with van der Waals surface area (Å²) in [6.07, 6.45) is 2.56. The number of aryl methyl sites for hydroxylation is 2. The largest absolute Gasteiger partial charge is 0.478 e. The van der Waals surface area contributed by atoms with Crippen molar-refractivity contribution in [3.05, 3.63) is 40.2 Å². The molecule has 162 valence electrons. The molecular formula is C20H26ClN5O4. The number of ether oxygens (including phenoxy) is 1. The number of ketones is 1. The first-order chi connectivity index (χ1) is 14.3. The minimum Gasteiger partial charge on any atom is -0.478 e. The molecule has 10 heteroatoms. The summed E-state index contributed by atoms with van der Waals surface area (Å²) in [6.45, 7) is 4.63. The van der Waals surface area contributed by atoms with Gasteiger partial charge in [0.2, 0.25) is 5.78 Å². The van der Waals surface area contributed by atoms with Crippen LogP contribution >= 0.6 is 11.6 Å². The fraction of sp³-hybridized carbons (Fsp3) is 0.500. The second-order valence-electron chi connectivity index (χ2n) is 7.40. The molecule has 2 unspecified atom stereocenters. The van der Waals surface area contributed by atoms with Gasteiger partial charge in [-0.25, -0.2) is 9.78 Å². The number of carbonyl (C=O) groups is 2. The molecule has 0 aliphatic carbocycles. The lowest BCUT2D eigenvalue weighted by atomic mass is 9.84. The van der Waals surface area contributed by atoms with Crippen molar-refractivity contribution in [2.75, 3.05) is 25.1 Å². The minimum absolute atomic E-state index is 0.162. The van der Waals surface area contributed by atoms with Crippen LogP contribution in [0.3, 0.4) is 0 Å². The number of carbonyl (C=O) groups excluding carboxylic acids is 1. The Hall–Kier alpha value is -2.49. The molecule has 3 rings (SSSR count). The minimum atomic E-state index is -1.02. The summed E-state index contributed by atoms with van der Waals surface area (Å²) in [6, 6.07) is 0.814. The summed E-state index contributed by atoms with van der Waals surface area (Å²) in [5.74, 6) is -1.38. The van der Waals surface area contributed by atoms with Crippen LogP contribution in [0, 0.1) is 12.8 Å². The molecule has 1 aliphatic rings. The summed E-state index contributed by atoms with van der Waals surface area (Å²) in [7, 11) is 1.58. The van der Waals surface area contributed by atoms with Crippen molar-refractivity contribution in [1.82, 2.24) is 15.0 Å². The third kappa shape index (κ3) is 4.33. The van der Waals surface area contributed by atoms with Crippen LogP contribution in [0.4, 0.5) is 5.69 Å². The topological polar surface area (TPSA) is 134 Å². The maximum atomic E-state index is 12.9. The molecule has 0 aromatic carbocycles.